The largest absolute Gasteiger partial charge is 0.365 e. The maximum absolute atomic E-state index is 9.66. The summed E-state index contributed by atoms with van der Waals surface area (Å²) in [6.45, 7) is 0. The fraction of sp³-hybridized carbons (Fsp3) is 0.400. The quantitative estimate of drug-likeness (QED) is 0.738. The summed E-state index contributed by atoms with van der Waals surface area (Å²) in [6.07, 6.45) is 0.672. The number of benzene rings is 1. The topological polar surface area (TPSA) is 29.5 Å². The summed E-state index contributed by atoms with van der Waals surface area (Å²) in [5.74, 6) is -0.830. The molecule has 3 heteroatoms. The molecule has 1 saturated carbocycles. The third-order valence-electron chi connectivity index (χ3n) is 2.51. The molecule has 13 heavy (non-hydrogen) atoms. The number of rotatable bonds is 2. The predicted octanol–water partition coefficient (Wildman–Crippen LogP) is 2.16. The summed E-state index contributed by atoms with van der Waals surface area (Å²) in [5, 5.41) is 10.4. The Bertz CT molecular complexity index is 309. The van der Waals surface area contributed by atoms with E-state index < -0.39 is 5.79 Å². The lowest BCUT2D eigenvalue weighted by atomic mass is 10.1. The summed E-state index contributed by atoms with van der Waals surface area (Å²) in [4.78, 5) is 0. The van der Waals surface area contributed by atoms with Crippen LogP contribution in [-0.4, -0.2) is 18.0 Å². The van der Waals surface area contributed by atoms with Crippen LogP contribution >= 0.6 is 11.6 Å². The molecule has 70 valence electrons. The molecule has 1 fully saturated rings. The Morgan fingerprint density at radius 3 is 2.54 bits per heavy atom. The molecule has 1 aromatic rings. The molecule has 2 nitrogen and oxygen atoms in total. The normalized spacial score (nSPS) is 31.8. The Hall–Kier alpha value is -0.570. The van der Waals surface area contributed by atoms with Gasteiger partial charge in [-0.15, -0.1) is 0 Å². The maximum atomic E-state index is 9.66. The Kier molecular flexibility index (Phi) is 2.06. The molecular formula is C10H11ClO2. The molecule has 2 atom stereocenters. The molecule has 0 aliphatic heterocycles. The smallest absolute Gasteiger partial charge is 0.172 e. The van der Waals surface area contributed by atoms with E-state index in [-0.39, 0.29) is 5.92 Å². The molecule has 0 spiro atoms. The van der Waals surface area contributed by atoms with Gasteiger partial charge in [-0.3, -0.25) is 0 Å². The summed E-state index contributed by atoms with van der Waals surface area (Å²) in [6, 6.07) is 7.49. The first kappa shape index (κ1) is 9.00. The number of hydrogen-bond acceptors (Lipinski definition) is 2. The minimum atomic E-state index is -0.937. The summed E-state index contributed by atoms with van der Waals surface area (Å²) >= 11 is 5.75. The Labute approximate surface area is 82.1 Å². The summed E-state index contributed by atoms with van der Waals surface area (Å²) in [7, 11) is 1.52. The van der Waals surface area contributed by atoms with Crippen molar-refractivity contribution in [3.8, 4) is 0 Å². The van der Waals surface area contributed by atoms with E-state index in [0.29, 0.717) is 11.4 Å². The Morgan fingerprint density at radius 2 is 2.08 bits per heavy atom. The van der Waals surface area contributed by atoms with Crippen LogP contribution in [0, 0.1) is 0 Å². The van der Waals surface area contributed by atoms with Gasteiger partial charge in [-0.05, 0) is 17.7 Å². The molecule has 1 aromatic carbocycles. The average molecular weight is 199 g/mol. The van der Waals surface area contributed by atoms with E-state index in [4.69, 9.17) is 16.3 Å². The zero-order chi connectivity index (χ0) is 9.47. The van der Waals surface area contributed by atoms with Gasteiger partial charge in [0.2, 0.25) is 0 Å². The molecular weight excluding hydrogens is 188 g/mol. The lowest BCUT2D eigenvalue weighted by Crippen LogP contribution is -2.12. The van der Waals surface area contributed by atoms with Crippen LogP contribution in [0.5, 0.6) is 0 Å². The highest BCUT2D eigenvalue weighted by molar-refractivity contribution is 6.30. The molecule has 0 heterocycles. The van der Waals surface area contributed by atoms with Gasteiger partial charge in [0.15, 0.2) is 5.79 Å². The fourth-order valence-corrected chi connectivity index (χ4v) is 1.66. The van der Waals surface area contributed by atoms with E-state index in [1.54, 1.807) is 0 Å². The van der Waals surface area contributed by atoms with E-state index in [9.17, 15) is 5.11 Å². The number of ether oxygens (including phenoxy) is 1. The first-order valence-electron chi connectivity index (χ1n) is 4.19. The van der Waals surface area contributed by atoms with E-state index in [0.717, 1.165) is 5.56 Å². The van der Waals surface area contributed by atoms with Crippen LogP contribution < -0.4 is 0 Å². The third-order valence-corrected chi connectivity index (χ3v) is 2.76. The number of methoxy groups -OCH3 is 1. The van der Waals surface area contributed by atoms with Gasteiger partial charge in [-0.25, -0.2) is 0 Å². The van der Waals surface area contributed by atoms with Crippen molar-refractivity contribution in [1.29, 1.82) is 0 Å². The van der Waals surface area contributed by atoms with Gasteiger partial charge in [0, 0.05) is 24.5 Å². The lowest BCUT2D eigenvalue weighted by Gasteiger charge is -2.07. The second-order valence-electron chi connectivity index (χ2n) is 3.36. The highest BCUT2D eigenvalue weighted by Gasteiger charge is 2.54. The van der Waals surface area contributed by atoms with Crippen molar-refractivity contribution in [3.63, 3.8) is 0 Å². The van der Waals surface area contributed by atoms with Gasteiger partial charge < -0.3 is 9.84 Å². The van der Waals surface area contributed by atoms with Crippen molar-refractivity contribution in [2.45, 2.75) is 18.1 Å². The number of halogens is 1. The second-order valence-corrected chi connectivity index (χ2v) is 3.79. The second kappa shape index (κ2) is 2.98. The first-order chi connectivity index (χ1) is 6.15. The molecule has 1 N–H and O–H groups in total. The minimum Gasteiger partial charge on any atom is -0.365 e. The monoisotopic (exact) mass is 198 g/mol. The minimum absolute atomic E-state index is 0.106. The van der Waals surface area contributed by atoms with Crippen LogP contribution in [0.2, 0.25) is 5.02 Å². The van der Waals surface area contributed by atoms with Gasteiger partial charge >= 0.3 is 0 Å². The lowest BCUT2D eigenvalue weighted by molar-refractivity contribution is -0.105. The highest BCUT2D eigenvalue weighted by Crippen LogP contribution is 2.51. The van der Waals surface area contributed by atoms with Gasteiger partial charge in [-0.1, -0.05) is 23.7 Å². The molecule has 1 aliphatic rings. The predicted molar refractivity (Wildman–Crippen MR) is 50.8 cm³/mol. The molecule has 0 bridgehead atoms. The van der Waals surface area contributed by atoms with E-state index in [1.165, 1.54) is 7.11 Å². The van der Waals surface area contributed by atoms with Crippen molar-refractivity contribution in [3.05, 3.63) is 34.9 Å². The van der Waals surface area contributed by atoms with Crippen molar-refractivity contribution < 1.29 is 9.84 Å². The van der Waals surface area contributed by atoms with E-state index >= 15 is 0 Å². The molecule has 0 amide bonds. The molecule has 0 radical (unpaired) electrons. The van der Waals surface area contributed by atoms with Crippen LogP contribution in [0.4, 0.5) is 0 Å². The zero-order valence-electron chi connectivity index (χ0n) is 7.33. The van der Waals surface area contributed by atoms with Crippen molar-refractivity contribution in [1.82, 2.24) is 0 Å². The van der Waals surface area contributed by atoms with Crippen molar-refractivity contribution in [2.24, 2.45) is 0 Å². The first-order valence-corrected chi connectivity index (χ1v) is 4.56. The van der Waals surface area contributed by atoms with Crippen molar-refractivity contribution >= 4 is 11.6 Å². The standard InChI is InChI=1S/C10H11ClO2/c1-13-10(12)6-9(10)7-2-4-8(11)5-3-7/h2-5,9,12H,6H2,1H3/t9-,10-/m0/s1. The van der Waals surface area contributed by atoms with Crippen LogP contribution in [0.3, 0.4) is 0 Å². The van der Waals surface area contributed by atoms with Gasteiger partial charge in [0.1, 0.15) is 0 Å². The third kappa shape index (κ3) is 1.57. The van der Waals surface area contributed by atoms with Gasteiger partial charge in [-0.2, -0.15) is 0 Å². The summed E-state index contributed by atoms with van der Waals surface area (Å²) < 4.78 is 4.97. The summed E-state index contributed by atoms with van der Waals surface area (Å²) in [5.41, 5.74) is 1.08. The van der Waals surface area contributed by atoms with E-state index in [1.807, 2.05) is 24.3 Å². The number of aliphatic hydroxyl groups is 1. The molecule has 0 unspecified atom stereocenters. The zero-order valence-corrected chi connectivity index (χ0v) is 8.08. The van der Waals surface area contributed by atoms with Gasteiger partial charge in [0.05, 0.1) is 0 Å². The molecule has 0 saturated heterocycles. The van der Waals surface area contributed by atoms with Crippen LogP contribution in [0.1, 0.15) is 17.9 Å². The van der Waals surface area contributed by atoms with Crippen LogP contribution in [-0.2, 0) is 4.74 Å². The Balaban J connectivity index is 2.16. The Morgan fingerprint density at radius 1 is 1.46 bits per heavy atom. The fourth-order valence-electron chi connectivity index (χ4n) is 1.53. The highest BCUT2D eigenvalue weighted by atomic mass is 35.5. The van der Waals surface area contributed by atoms with Gasteiger partial charge in [0.25, 0.3) is 0 Å². The number of hydrogen-bond donors (Lipinski definition) is 1. The molecule has 1 aliphatic carbocycles. The maximum Gasteiger partial charge on any atom is 0.172 e. The van der Waals surface area contributed by atoms with Crippen molar-refractivity contribution in [2.75, 3.05) is 7.11 Å². The van der Waals surface area contributed by atoms with Crippen LogP contribution in [0.15, 0.2) is 24.3 Å². The average Bonchev–Trinajstić information content (AvgIpc) is 2.81. The molecule has 2 rings (SSSR count). The SMILES string of the molecule is CO[C@@]1(O)C[C@H]1c1ccc(Cl)cc1. The molecule has 0 aromatic heterocycles. The van der Waals surface area contributed by atoms with E-state index in [2.05, 4.69) is 0 Å². The van der Waals surface area contributed by atoms with Crippen LogP contribution in [0.25, 0.3) is 0 Å².